The first-order valence-electron chi connectivity index (χ1n) is 10.7. The van der Waals surface area contributed by atoms with E-state index in [9.17, 15) is 21.6 Å². The number of benzene rings is 3. The highest BCUT2D eigenvalue weighted by molar-refractivity contribution is 7.99. The van der Waals surface area contributed by atoms with Crippen molar-refractivity contribution in [2.45, 2.75) is 33.4 Å². The van der Waals surface area contributed by atoms with E-state index in [1.54, 1.807) is 30.3 Å². The fourth-order valence-electron chi connectivity index (χ4n) is 3.67. The van der Waals surface area contributed by atoms with Gasteiger partial charge < -0.3 is 9.64 Å². The van der Waals surface area contributed by atoms with Crippen LogP contribution in [0, 0.1) is 0 Å². The Labute approximate surface area is 221 Å². The number of nitrogens with one attached hydrogen (secondary N) is 1. The minimum atomic E-state index is -4.64. The number of halogens is 5. The number of likely N-dealkylation sites (N-methyl/N-ethyl adjacent to an activating group) is 1. The Balaban J connectivity index is 1.52. The van der Waals surface area contributed by atoms with Crippen LogP contribution in [0.2, 0.25) is 10.0 Å². The molecule has 0 aromatic heterocycles. The summed E-state index contributed by atoms with van der Waals surface area (Å²) >= 11 is 13.3. The smallest absolute Gasteiger partial charge is 0.419 e. The third-order valence-corrected chi connectivity index (χ3v) is 8.58. The SMILES string of the molecule is CN1CCC(Oc2cc(NS(=O)(=O)c3ccc(Sc4ccc(Cl)c(Cl)c4)cc3)ccc2C(F)(F)F)C1. The van der Waals surface area contributed by atoms with Crippen molar-refractivity contribution in [3.63, 3.8) is 0 Å². The summed E-state index contributed by atoms with van der Waals surface area (Å²) in [6, 6.07) is 14.2. The molecule has 5 nitrogen and oxygen atoms in total. The highest BCUT2D eigenvalue weighted by Gasteiger charge is 2.36. The van der Waals surface area contributed by atoms with Crippen molar-refractivity contribution in [3.05, 3.63) is 76.3 Å². The maximum absolute atomic E-state index is 13.5. The molecule has 1 aliphatic heterocycles. The lowest BCUT2D eigenvalue weighted by molar-refractivity contribution is -0.139. The van der Waals surface area contributed by atoms with Crippen molar-refractivity contribution in [3.8, 4) is 5.75 Å². The quantitative estimate of drug-likeness (QED) is 0.326. The van der Waals surface area contributed by atoms with E-state index in [-0.39, 0.29) is 10.6 Å². The van der Waals surface area contributed by atoms with Crippen LogP contribution >= 0.6 is 35.0 Å². The molecule has 1 unspecified atom stereocenters. The van der Waals surface area contributed by atoms with Gasteiger partial charge in [-0.3, -0.25) is 4.72 Å². The summed E-state index contributed by atoms with van der Waals surface area (Å²) in [5.74, 6) is -0.406. The first-order chi connectivity index (χ1) is 16.9. The van der Waals surface area contributed by atoms with Crippen LogP contribution in [0.4, 0.5) is 18.9 Å². The average Bonchev–Trinajstić information content (AvgIpc) is 3.20. The van der Waals surface area contributed by atoms with Crippen molar-refractivity contribution in [1.29, 1.82) is 0 Å². The van der Waals surface area contributed by atoms with E-state index in [2.05, 4.69) is 4.72 Å². The zero-order valence-electron chi connectivity index (χ0n) is 18.9. The molecule has 0 spiro atoms. The van der Waals surface area contributed by atoms with Crippen molar-refractivity contribution in [2.75, 3.05) is 24.9 Å². The maximum atomic E-state index is 13.5. The van der Waals surface area contributed by atoms with Crippen molar-refractivity contribution < 1.29 is 26.3 Å². The lowest BCUT2D eigenvalue weighted by Crippen LogP contribution is -2.23. The number of rotatable bonds is 7. The summed E-state index contributed by atoms with van der Waals surface area (Å²) in [5, 5.41) is 0.839. The number of nitrogens with zero attached hydrogens (tertiary/aromatic N) is 1. The second-order valence-corrected chi connectivity index (χ2v) is 11.9. The van der Waals surface area contributed by atoms with Crippen LogP contribution in [0.5, 0.6) is 5.75 Å². The highest BCUT2D eigenvalue weighted by atomic mass is 35.5. The monoisotopic (exact) mass is 576 g/mol. The molecular formula is C24H21Cl2F3N2O3S2. The Morgan fingerprint density at radius 3 is 2.31 bits per heavy atom. The standard InChI is InChI=1S/C24H21Cl2F3N2O3S2/c1-31-11-10-16(14-31)34-23-12-15(2-8-20(23)24(27,28)29)30-36(32,33)19-6-3-17(4-7-19)35-18-5-9-21(25)22(26)13-18/h2-9,12-13,16,30H,10-11,14H2,1H3. The number of hydrogen-bond donors (Lipinski definition) is 1. The number of alkyl halides is 3. The summed E-state index contributed by atoms with van der Waals surface area (Å²) in [7, 11) is -2.21. The molecule has 0 aliphatic carbocycles. The third kappa shape index (κ3) is 6.60. The predicted octanol–water partition coefficient (Wildman–Crippen LogP) is 7.05. The Morgan fingerprint density at radius 1 is 1.00 bits per heavy atom. The third-order valence-electron chi connectivity index (χ3n) is 5.44. The van der Waals surface area contributed by atoms with Gasteiger partial charge in [-0.05, 0) is 68.1 Å². The van der Waals surface area contributed by atoms with Gasteiger partial charge in [0.25, 0.3) is 10.0 Å². The van der Waals surface area contributed by atoms with Crippen LogP contribution in [-0.4, -0.2) is 39.6 Å². The van der Waals surface area contributed by atoms with Crippen LogP contribution < -0.4 is 9.46 Å². The highest BCUT2D eigenvalue weighted by Crippen LogP contribution is 2.39. The molecule has 1 saturated heterocycles. The van der Waals surface area contributed by atoms with Crippen LogP contribution in [0.25, 0.3) is 0 Å². The summed E-state index contributed by atoms with van der Waals surface area (Å²) in [6.07, 6.45) is -4.47. The Hall–Kier alpha value is -2.11. The van der Waals surface area contributed by atoms with E-state index < -0.39 is 33.6 Å². The fraction of sp³-hybridized carbons (Fsp3) is 0.250. The van der Waals surface area contributed by atoms with Crippen LogP contribution in [0.15, 0.2) is 75.4 Å². The van der Waals surface area contributed by atoms with Gasteiger partial charge in [0.05, 0.1) is 26.2 Å². The Kier molecular flexibility index (Phi) is 8.01. The largest absolute Gasteiger partial charge is 0.488 e. The number of ether oxygens (including phenoxy) is 1. The van der Waals surface area contributed by atoms with Crippen molar-refractivity contribution >= 4 is 50.7 Å². The first-order valence-corrected chi connectivity index (χ1v) is 13.8. The maximum Gasteiger partial charge on any atom is 0.419 e. The number of sulfonamides is 1. The molecule has 0 saturated carbocycles. The van der Waals surface area contributed by atoms with Crippen molar-refractivity contribution in [2.24, 2.45) is 0 Å². The van der Waals surface area contributed by atoms with Gasteiger partial charge in [0.2, 0.25) is 0 Å². The summed E-state index contributed by atoms with van der Waals surface area (Å²) < 4.78 is 74.4. The minimum Gasteiger partial charge on any atom is -0.488 e. The Morgan fingerprint density at radius 2 is 1.69 bits per heavy atom. The minimum absolute atomic E-state index is 0.0291. The van der Waals surface area contributed by atoms with Crippen molar-refractivity contribution in [1.82, 2.24) is 4.90 Å². The molecule has 1 aliphatic rings. The van der Waals surface area contributed by atoms with Crippen LogP contribution in [-0.2, 0) is 16.2 Å². The molecule has 1 atom stereocenters. The summed E-state index contributed by atoms with van der Waals surface area (Å²) in [6.45, 7) is 1.19. The van der Waals surface area contributed by atoms with Gasteiger partial charge in [-0.2, -0.15) is 13.2 Å². The number of anilines is 1. The summed E-state index contributed by atoms with van der Waals surface area (Å²) in [4.78, 5) is 3.50. The molecule has 3 aromatic rings. The molecule has 192 valence electrons. The number of likely N-dealkylation sites (tertiary alicyclic amines) is 1. The molecule has 3 aromatic carbocycles. The summed E-state index contributed by atoms with van der Waals surface area (Å²) in [5.41, 5.74) is -0.984. The second-order valence-electron chi connectivity index (χ2n) is 8.25. The van der Waals surface area contributed by atoms with E-state index in [1.165, 1.54) is 23.9 Å². The fourth-order valence-corrected chi connectivity index (χ4v) is 5.93. The molecule has 1 N–H and O–H groups in total. The molecule has 1 heterocycles. The lowest BCUT2D eigenvalue weighted by atomic mass is 10.1. The van der Waals surface area contributed by atoms with E-state index in [4.69, 9.17) is 27.9 Å². The molecule has 12 heteroatoms. The zero-order chi connectivity index (χ0) is 26.1. The van der Waals surface area contributed by atoms with Gasteiger partial charge in [-0.25, -0.2) is 8.42 Å². The topological polar surface area (TPSA) is 58.6 Å². The zero-order valence-corrected chi connectivity index (χ0v) is 22.0. The van der Waals surface area contributed by atoms with Gasteiger partial charge in [-0.1, -0.05) is 35.0 Å². The molecule has 4 rings (SSSR count). The number of hydrogen-bond acceptors (Lipinski definition) is 5. The van der Waals surface area contributed by atoms with Gasteiger partial charge >= 0.3 is 6.18 Å². The van der Waals surface area contributed by atoms with Gasteiger partial charge in [-0.15, -0.1) is 0 Å². The van der Waals surface area contributed by atoms with Gasteiger partial charge in [0.1, 0.15) is 11.9 Å². The second kappa shape index (κ2) is 10.7. The van der Waals surface area contributed by atoms with E-state index >= 15 is 0 Å². The van der Waals surface area contributed by atoms with E-state index in [0.717, 1.165) is 28.0 Å². The molecule has 1 fully saturated rings. The van der Waals surface area contributed by atoms with Crippen LogP contribution in [0.1, 0.15) is 12.0 Å². The predicted molar refractivity (Wildman–Crippen MR) is 136 cm³/mol. The van der Waals surface area contributed by atoms with Crippen LogP contribution in [0.3, 0.4) is 0 Å². The molecular weight excluding hydrogens is 556 g/mol. The molecule has 0 amide bonds. The normalized spacial score (nSPS) is 16.8. The Bertz CT molecular complexity index is 1350. The molecule has 36 heavy (non-hydrogen) atoms. The van der Waals surface area contributed by atoms with Gasteiger partial charge in [0.15, 0.2) is 0 Å². The molecule has 0 bridgehead atoms. The lowest BCUT2D eigenvalue weighted by Gasteiger charge is -2.19. The average molecular weight is 577 g/mol. The van der Waals surface area contributed by atoms with Gasteiger partial charge in [0, 0.05) is 28.9 Å². The van der Waals surface area contributed by atoms with E-state index in [0.29, 0.717) is 29.6 Å². The van der Waals surface area contributed by atoms with E-state index in [1.807, 2.05) is 11.9 Å². The molecule has 0 radical (unpaired) electrons. The first kappa shape index (κ1) is 26.9.